The van der Waals surface area contributed by atoms with E-state index in [1.807, 2.05) is 29.6 Å². The Bertz CT molecular complexity index is 756. The molecule has 0 amide bonds. The molecular formula is C19H23ClN3OS+. The number of halogens is 1. The van der Waals surface area contributed by atoms with Gasteiger partial charge in [0.2, 0.25) is 0 Å². The molecule has 6 heteroatoms. The summed E-state index contributed by atoms with van der Waals surface area (Å²) < 4.78 is 0. The number of aromatic nitrogens is 1. The maximum atomic E-state index is 10.5. The fourth-order valence-electron chi connectivity index (χ4n) is 2.71. The maximum absolute atomic E-state index is 10.5. The summed E-state index contributed by atoms with van der Waals surface area (Å²) in [4.78, 5) is 5.81. The van der Waals surface area contributed by atoms with E-state index in [1.54, 1.807) is 0 Å². The van der Waals surface area contributed by atoms with Crippen molar-refractivity contribution in [2.24, 2.45) is 0 Å². The van der Waals surface area contributed by atoms with Gasteiger partial charge in [-0.2, -0.15) is 5.26 Å². The molecule has 0 fully saturated rings. The van der Waals surface area contributed by atoms with Crippen LogP contribution in [0.2, 0.25) is 5.02 Å². The van der Waals surface area contributed by atoms with Gasteiger partial charge < -0.3 is 10.0 Å². The minimum absolute atomic E-state index is 0.122. The Morgan fingerprint density at radius 3 is 2.44 bits per heavy atom. The van der Waals surface area contributed by atoms with Gasteiger partial charge in [0.1, 0.15) is 23.2 Å². The number of aliphatic hydroxyl groups is 1. The van der Waals surface area contributed by atoms with Crippen LogP contribution in [-0.4, -0.2) is 29.7 Å². The molecule has 2 rings (SSSR count). The minimum Gasteiger partial charge on any atom is -0.506 e. The first-order chi connectivity index (χ1) is 12.1. The molecule has 0 spiro atoms. The van der Waals surface area contributed by atoms with E-state index in [-0.39, 0.29) is 11.3 Å². The summed E-state index contributed by atoms with van der Waals surface area (Å²) >= 11 is 7.28. The Hall–Kier alpha value is -1.87. The number of allylic oxidation sites excluding steroid dienone is 1. The van der Waals surface area contributed by atoms with Crippen molar-refractivity contribution < 1.29 is 10.0 Å². The van der Waals surface area contributed by atoms with Gasteiger partial charge in [-0.15, -0.1) is 11.3 Å². The van der Waals surface area contributed by atoms with Gasteiger partial charge >= 0.3 is 0 Å². The van der Waals surface area contributed by atoms with Crippen molar-refractivity contribution in [1.82, 2.24) is 4.98 Å². The van der Waals surface area contributed by atoms with Crippen molar-refractivity contribution in [3.8, 4) is 17.3 Å². The second-order valence-electron chi connectivity index (χ2n) is 5.91. The highest BCUT2D eigenvalue weighted by molar-refractivity contribution is 7.11. The van der Waals surface area contributed by atoms with Gasteiger partial charge in [0.05, 0.1) is 18.8 Å². The first-order valence-corrected chi connectivity index (χ1v) is 9.72. The molecule has 0 aliphatic carbocycles. The molecular weight excluding hydrogens is 354 g/mol. The first-order valence-electron chi connectivity index (χ1n) is 8.46. The average Bonchev–Trinajstić information content (AvgIpc) is 3.06. The van der Waals surface area contributed by atoms with Crippen molar-refractivity contribution >= 4 is 28.5 Å². The molecule has 1 aromatic carbocycles. The fourth-order valence-corrected chi connectivity index (χ4v) is 3.68. The van der Waals surface area contributed by atoms with Gasteiger partial charge in [0, 0.05) is 16.0 Å². The molecule has 0 radical (unpaired) electrons. The zero-order valence-electron chi connectivity index (χ0n) is 14.6. The number of nitrogens with one attached hydrogen (secondary N) is 1. The standard InChI is InChI=1S/C19H22ClN3OS/c1-3-9-23(10-4-2)12-18(24)16(11-21)19-22-17(13-25-19)14-5-7-15(20)8-6-14/h5-8,13,24H,3-4,9-10,12H2,1-2H3/p+1/b18-16-. The van der Waals surface area contributed by atoms with E-state index in [1.165, 1.54) is 16.2 Å². The van der Waals surface area contributed by atoms with Crippen LogP contribution in [0.3, 0.4) is 0 Å². The van der Waals surface area contributed by atoms with Crippen LogP contribution in [0.5, 0.6) is 0 Å². The van der Waals surface area contributed by atoms with E-state index in [0.29, 0.717) is 16.6 Å². The highest BCUT2D eigenvalue weighted by Gasteiger charge is 2.18. The van der Waals surface area contributed by atoms with Crippen LogP contribution in [0.25, 0.3) is 16.8 Å². The first kappa shape index (κ1) is 19.5. The number of nitrogens with zero attached hydrogens (tertiary/aromatic N) is 2. The summed E-state index contributed by atoms with van der Waals surface area (Å²) in [5.74, 6) is 0.122. The largest absolute Gasteiger partial charge is 0.506 e. The molecule has 25 heavy (non-hydrogen) atoms. The van der Waals surface area contributed by atoms with Crippen LogP contribution in [0.1, 0.15) is 31.7 Å². The summed E-state index contributed by atoms with van der Waals surface area (Å²) in [6.07, 6.45) is 2.09. The summed E-state index contributed by atoms with van der Waals surface area (Å²) in [7, 11) is 0. The third kappa shape index (κ3) is 5.30. The van der Waals surface area contributed by atoms with Crippen LogP contribution in [0.4, 0.5) is 0 Å². The molecule has 0 saturated carbocycles. The second kappa shape index (κ2) is 9.57. The van der Waals surface area contributed by atoms with Gasteiger partial charge in [-0.1, -0.05) is 37.6 Å². The number of hydrogen-bond acceptors (Lipinski definition) is 4. The lowest BCUT2D eigenvalue weighted by Gasteiger charge is -2.17. The Kier molecular flexibility index (Phi) is 7.45. The highest BCUT2D eigenvalue weighted by atomic mass is 35.5. The van der Waals surface area contributed by atoms with Crippen molar-refractivity contribution in [2.75, 3.05) is 19.6 Å². The number of aliphatic hydroxyl groups excluding tert-OH is 1. The van der Waals surface area contributed by atoms with E-state index in [9.17, 15) is 10.4 Å². The number of rotatable bonds is 8. The van der Waals surface area contributed by atoms with Crippen LogP contribution in [-0.2, 0) is 0 Å². The number of quaternary nitrogens is 1. The Morgan fingerprint density at radius 1 is 1.24 bits per heavy atom. The van der Waals surface area contributed by atoms with E-state index < -0.39 is 0 Å². The smallest absolute Gasteiger partial charge is 0.168 e. The van der Waals surface area contributed by atoms with Crippen molar-refractivity contribution in [3.05, 3.63) is 45.4 Å². The predicted octanol–water partition coefficient (Wildman–Crippen LogP) is 3.96. The molecule has 0 aliphatic rings. The zero-order chi connectivity index (χ0) is 18.2. The SMILES string of the molecule is CCC[NH+](CCC)C/C(O)=C(\C#N)c1nc(-c2ccc(Cl)cc2)cs1. The molecule has 4 nitrogen and oxygen atoms in total. The number of benzene rings is 1. The molecule has 0 atom stereocenters. The Balaban J connectivity index is 2.25. The zero-order valence-corrected chi connectivity index (χ0v) is 16.1. The van der Waals surface area contributed by atoms with Gasteiger partial charge in [0.25, 0.3) is 0 Å². The van der Waals surface area contributed by atoms with Crippen molar-refractivity contribution in [3.63, 3.8) is 0 Å². The van der Waals surface area contributed by atoms with Gasteiger partial charge in [0.15, 0.2) is 5.76 Å². The molecule has 2 aromatic rings. The molecule has 0 unspecified atom stereocenters. The molecule has 0 aliphatic heterocycles. The van der Waals surface area contributed by atoms with Gasteiger partial charge in [-0.05, 0) is 25.0 Å². The molecule has 0 saturated heterocycles. The quantitative estimate of drug-likeness (QED) is 0.541. The third-order valence-electron chi connectivity index (χ3n) is 3.88. The maximum Gasteiger partial charge on any atom is 0.168 e. The highest BCUT2D eigenvalue weighted by Crippen LogP contribution is 2.27. The van der Waals surface area contributed by atoms with E-state index in [0.717, 1.165) is 37.2 Å². The van der Waals surface area contributed by atoms with Crippen LogP contribution in [0.15, 0.2) is 35.4 Å². The van der Waals surface area contributed by atoms with Crippen LogP contribution in [0, 0.1) is 11.3 Å². The van der Waals surface area contributed by atoms with E-state index in [2.05, 4.69) is 24.9 Å². The Morgan fingerprint density at radius 2 is 1.88 bits per heavy atom. The molecule has 0 bridgehead atoms. The van der Waals surface area contributed by atoms with Gasteiger partial charge in [-0.3, -0.25) is 0 Å². The van der Waals surface area contributed by atoms with Gasteiger partial charge in [-0.25, -0.2) is 4.98 Å². The Labute approximate surface area is 158 Å². The number of thiazole rings is 1. The van der Waals surface area contributed by atoms with Crippen LogP contribution < -0.4 is 4.90 Å². The van der Waals surface area contributed by atoms with E-state index in [4.69, 9.17) is 11.6 Å². The van der Waals surface area contributed by atoms with Crippen LogP contribution >= 0.6 is 22.9 Å². The molecule has 1 heterocycles. The van der Waals surface area contributed by atoms with Crippen molar-refractivity contribution in [2.45, 2.75) is 26.7 Å². The molecule has 1 aromatic heterocycles. The summed E-state index contributed by atoms with van der Waals surface area (Å²) in [6.45, 7) is 6.66. The molecule has 132 valence electrons. The molecule has 2 N–H and O–H groups in total. The minimum atomic E-state index is 0.122. The third-order valence-corrected chi connectivity index (χ3v) is 4.99. The summed E-state index contributed by atoms with van der Waals surface area (Å²) in [6, 6.07) is 9.53. The topological polar surface area (TPSA) is 61.4 Å². The normalized spacial score (nSPS) is 12.1. The fraction of sp³-hybridized carbons (Fsp3) is 0.368. The van der Waals surface area contributed by atoms with Crippen molar-refractivity contribution in [1.29, 1.82) is 5.26 Å². The number of hydrogen-bond donors (Lipinski definition) is 2. The monoisotopic (exact) mass is 376 g/mol. The lowest BCUT2D eigenvalue weighted by molar-refractivity contribution is -0.896. The number of nitriles is 1. The average molecular weight is 377 g/mol. The lowest BCUT2D eigenvalue weighted by atomic mass is 10.2. The lowest BCUT2D eigenvalue weighted by Crippen LogP contribution is -3.12. The second-order valence-corrected chi connectivity index (χ2v) is 7.20. The summed E-state index contributed by atoms with van der Waals surface area (Å²) in [5.41, 5.74) is 1.99. The van der Waals surface area contributed by atoms with E-state index >= 15 is 0 Å². The predicted molar refractivity (Wildman–Crippen MR) is 104 cm³/mol. The summed E-state index contributed by atoms with van der Waals surface area (Å²) in [5, 5.41) is 23.1.